The van der Waals surface area contributed by atoms with E-state index in [1.54, 1.807) is 36.4 Å². The molecule has 2 aromatic carbocycles. The maximum atomic E-state index is 12.1. The third kappa shape index (κ3) is 2.13. The van der Waals surface area contributed by atoms with E-state index in [0.717, 1.165) is 0 Å². The minimum absolute atomic E-state index is 0.179. The standard InChI is InChI=1S/C13H9N3O/c14-10-6-7-11(12(8-10)16-15)13(17)9-4-2-1-3-5-9/h1-8H,(H-,14,17)/p+1. The summed E-state index contributed by atoms with van der Waals surface area (Å²) >= 11 is 0. The number of anilines is 1. The molecule has 0 aliphatic rings. The van der Waals surface area contributed by atoms with E-state index in [2.05, 4.69) is 4.98 Å². The third-order valence-electron chi connectivity index (χ3n) is 2.41. The van der Waals surface area contributed by atoms with Crippen molar-refractivity contribution in [2.45, 2.75) is 0 Å². The van der Waals surface area contributed by atoms with E-state index < -0.39 is 0 Å². The van der Waals surface area contributed by atoms with E-state index >= 15 is 0 Å². The van der Waals surface area contributed by atoms with Crippen LogP contribution >= 0.6 is 0 Å². The van der Waals surface area contributed by atoms with Gasteiger partial charge in [-0.3, -0.25) is 4.79 Å². The summed E-state index contributed by atoms with van der Waals surface area (Å²) in [5.41, 5.74) is 7.06. The Kier molecular flexibility index (Phi) is 2.84. The highest BCUT2D eigenvalue weighted by Gasteiger charge is 2.21. The number of rotatable bonds is 2. The molecule has 4 nitrogen and oxygen atoms in total. The first kappa shape index (κ1) is 10.8. The van der Waals surface area contributed by atoms with Gasteiger partial charge >= 0.3 is 5.69 Å². The Morgan fingerprint density at radius 1 is 1.12 bits per heavy atom. The minimum Gasteiger partial charge on any atom is -0.398 e. The van der Waals surface area contributed by atoms with E-state index in [1.165, 1.54) is 6.07 Å². The van der Waals surface area contributed by atoms with E-state index in [9.17, 15) is 4.79 Å². The second-order valence-electron chi connectivity index (χ2n) is 3.57. The molecule has 0 atom stereocenters. The summed E-state index contributed by atoms with van der Waals surface area (Å²) < 4.78 is 0. The number of carbonyl (C=O) groups is 1. The molecule has 17 heavy (non-hydrogen) atoms. The first-order valence-corrected chi connectivity index (χ1v) is 5.07. The molecule has 2 aromatic rings. The number of nitrogens with zero attached hydrogens (tertiary/aromatic N) is 2. The fraction of sp³-hybridized carbons (Fsp3) is 0. The Morgan fingerprint density at radius 2 is 1.82 bits per heavy atom. The van der Waals surface area contributed by atoms with Crippen LogP contribution in [0.4, 0.5) is 11.4 Å². The number of ketones is 1. The largest absolute Gasteiger partial charge is 0.398 e. The molecule has 0 aliphatic carbocycles. The van der Waals surface area contributed by atoms with Gasteiger partial charge in [-0.2, -0.15) is 0 Å². The van der Waals surface area contributed by atoms with Crippen molar-refractivity contribution in [1.82, 2.24) is 0 Å². The quantitative estimate of drug-likeness (QED) is 0.484. The van der Waals surface area contributed by atoms with Crippen molar-refractivity contribution in [2.75, 3.05) is 5.73 Å². The molecule has 0 bridgehead atoms. The number of hydrogen-bond donors (Lipinski definition) is 1. The predicted molar refractivity (Wildman–Crippen MR) is 65.5 cm³/mol. The molecule has 0 aromatic heterocycles. The van der Waals surface area contributed by atoms with Crippen LogP contribution < -0.4 is 5.73 Å². The molecule has 0 spiro atoms. The predicted octanol–water partition coefficient (Wildman–Crippen LogP) is 2.98. The van der Waals surface area contributed by atoms with Crippen molar-refractivity contribution in [3.05, 3.63) is 64.6 Å². The zero-order chi connectivity index (χ0) is 12.3. The number of carbonyl (C=O) groups excluding carboxylic acids is 1. The number of nitrogen functional groups attached to an aromatic ring is 1. The minimum atomic E-state index is -0.196. The molecule has 2 N–H and O–H groups in total. The van der Waals surface area contributed by atoms with Crippen molar-refractivity contribution in [1.29, 1.82) is 5.39 Å². The Labute approximate surface area is 98.3 Å². The van der Waals surface area contributed by atoms with Crippen LogP contribution in [-0.2, 0) is 0 Å². The number of benzene rings is 2. The number of hydrogen-bond acceptors (Lipinski definition) is 3. The highest BCUT2D eigenvalue weighted by atomic mass is 16.1. The molecular weight excluding hydrogens is 214 g/mol. The van der Waals surface area contributed by atoms with Crippen LogP contribution in [0.1, 0.15) is 15.9 Å². The summed E-state index contributed by atoms with van der Waals surface area (Å²) in [6, 6.07) is 13.4. The van der Waals surface area contributed by atoms with Gasteiger partial charge in [0.05, 0.1) is 6.07 Å². The Balaban J connectivity index is 2.49. The molecule has 0 fully saturated rings. The van der Waals surface area contributed by atoms with Gasteiger partial charge in [0.25, 0.3) is 0 Å². The molecule has 0 radical (unpaired) electrons. The van der Waals surface area contributed by atoms with Crippen LogP contribution in [0.2, 0.25) is 0 Å². The van der Waals surface area contributed by atoms with Crippen LogP contribution in [-0.4, -0.2) is 5.78 Å². The average molecular weight is 224 g/mol. The SMILES string of the molecule is N#[N+]c1cc(N)ccc1C(=O)c1ccccc1. The molecule has 0 amide bonds. The molecule has 0 saturated carbocycles. The smallest absolute Gasteiger partial charge is 0.398 e. The molecule has 0 unspecified atom stereocenters. The molecule has 4 heteroatoms. The summed E-state index contributed by atoms with van der Waals surface area (Å²) in [7, 11) is 0. The van der Waals surface area contributed by atoms with Gasteiger partial charge in [0.15, 0.2) is 4.98 Å². The van der Waals surface area contributed by atoms with Gasteiger partial charge in [-0.15, -0.1) is 0 Å². The van der Waals surface area contributed by atoms with E-state index in [4.69, 9.17) is 11.1 Å². The summed E-state index contributed by atoms with van der Waals surface area (Å²) in [6.45, 7) is 0. The lowest BCUT2D eigenvalue weighted by Crippen LogP contribution is -2.01. The van der Waals surface area contributed by atoms with Crippen LogP contribution in [0, 0.1) is 5.39 Å². The van der Waals surface area contributed by atoms with E-state index in [0.29, 0.717) is 16.8 Å². The van der Waals surface area contributed by atoms with Crippen molar-refractivity contribution >= 4 is 17.2 Å². The fourth-order valence-electron chi connectivity index (χ4n) is 1.57. The molecule has 0 heterocycles. The van der Waals surface area contributed by atoms with E-state index in [-0.39, 0.29) is 11.5 Å². The van der Waals surface area contributed by atoms with Gasteiger partial charge in [-0.05, 0) is 12.1 Å². The van der Waals surface area contributed by atoms with Gasteiger partial charge in [-0.25, -0.2) is 0 Å². The zero-order valence-electron chi connectivity index (χ0n) is 9.00. The van der Waals surface area contributed by atoms with Crippen LogP contribution in [0.15, 0.2) is 48.5 Å². The second kappa shape index (κ2) is 4.45. The molecular formula is C13H10N3O+. The topological polar surface area (TPSA) is 71.2 Å². The first-order chi connectivity index (χ1) is 8.22. The monoisotopic (exact) mass is 224 g/mol. The first-order valence-electron chi connectivity index (χ1n) is 5.07. The van der Waals surface area contributed by atoms with Crippen molar-refractivity contribution in [2.24, 2.45) is 0 Å². The zero-order valence-corrected chi connectivity index (χ0v) is 9.00. The molecule has 82 valence electrons. The highest BCUT2D eigenvalue weighted by Crippen LogP contribution is 2.24. The number of diazo groups is 1. The van der Waals surface area contributed by atoms with Gasteiger partial charge in [0, 0.05) is 11.3 Å². The second-order valence-corrected chi connectivity index (χ2v) is 3.57. The molecule has 2 rings (SSSR count). The van der Waals surface area contributed by atoms with Crippen LogP contribution in [0.3, 0.4) is 0 Å². The third-order valence-corrected chi connectivity index (χ3v) is 2.41. The lowest BCUT2D eigenvalue weighted by atomic mass is 10.0. The average Bonchev–Trinajstić information content (AvgIpc) is 2.39. The summed E-state index contributed by atoms with van der Waals surface area (Å²) in [5, 5.41) is 8.86. The summed E-state index contributed by atoms with van der Waals surface area (Å²) in [6.07, 6.45) is 0. The highest BCUT2D eigenvalue weighted by molar-refractivity contribution is 6.12. The Morgan fingerprint density at radius 3 is 2.47 bits per heavy atom. The van der Waals surface area contributed by atoms with Gasteiger partial charge in [0.1, 0.15) is 5.56 Å². The Hall–Kier alpha value is -2.67. The van der Waals surface area contributed by atoms with E-state index in [1.807, 2.05) is 6.07 Å². The Bertz CT molecular complexity index is 600. The van der Waals surface area contributed by atoms with Gasteiger partial charge in [-0.1, -0.05) is 30.3 Å². The lowest BCUT2D eigenvalue weighted by Gasteiger charge is -1.99. The fourth-order valence-corrected chi connectivity index (χ4v) is 1.57. The molecule has 0 saturated heterocycles. The maximum absolute atomic E-state index is 12.1. The number of nitrogens with two attached hydrogens (primary N) is 1. The summed E-state index contributed by atoms with van der Waals surface area (Å²) in [4.78, 5) is 15.2. The van der Waals surface area contributed by atoms with Gasteiger partial charge < -0.3 is 5.73 Å². The van der Waals surface area contributed by atoms with Crippen molar-refractivity contribution in [3.63, 3.8) is 0 Å². The lowest BCUT2D eigenvalue weighted by molar-refractivity contribution is 0.103. The van der Waals surface area contributed by atoms with Crippen molar-refractivity contribution < 1.29 is 4.79 Å². The maximum Gasteiger partial charge on any atom is 0.398 e. The van der Waals surface area contributed by atoms with Crippen LogP contribution in [0.25, 0.3) is 4.98 Å². The summed E-state index contributed by atoms with van der Waals surface area (Å²) in [5.74, 6) is -0.196. The normalized spacial score (nSPS) is 9.59. The van der Waals surface area contributed by atoms with Crippen LogP contribution in [0.5, 0.6) is 0 Å². The molecule has 0 aliphatic heterocycles. The van der Waals surface area contributed by atoms with Crippen molar-refractivity contribution in [3.8, 4) is 0 Å². The van der Waals surface area contributed by atoms with Gasteiger partial charge in [0.2, 0.25) is 11.2 Å².